The summed E-state index contributed by atoms with van der Waals surface area (Å²) in [7, 11) is -3.87. The van der Waals surface area contributed by atoms with E-state index in [1.54, 1.807) is 13.0 Å². The van der Waals surface area contributed by atoms with Crippen molar-refractivity contribution in [3.8, 4) is 0 Å². The van der Waals surface area contributed by atoms with Crippen molar-refractivity contribution < 1.29 is 8.42 Å². The van der Waals surface area contributed by atoms with Gasteiger partial charge in [0.1, 0.15) is 21.4 Å². The van der Waals surface area contributed by atoms with Gasteiger partial charge in [0, 0.05) is 11.9 Å². The second kappa shape index (κ2) is 5.74. The van der Waals surface area contributed by atoms with Crippen LogP contribution in [0.25, 0.3) is 0 Å². The lowest BCUT2D eigenvalue weighted by Gasteiger charge is -2.11. The molecule has 0 fully saturated rings. The highest BCUT2D eigenvalue weighted by molar-refractivity contribution is 7.93. The van der Waals surface area contributed by atoms with Crippen LogP contribution >= 0.6 is 12.2 Å². The average molecular weight is 322 g/mol. The molecule has 0 spiro atoms. The third-order valence-corrected chi connectivity index (χ3v) is 4.21. The first-order valence-corrected chi connectivity index (χ1v) is 7.91. The number of sulfonamides is 1. The number of anilines is 1. The average Bonchev–Trinajstić information content (AvgIpc) is 2.36. The van der Waals surface area contributed by atoms with Gasteiger partial charge < -0.3 is 5.73 Å². The SMILES string of the molecule is Cc1cc(C)nc(NS(=O)(=O)c2cccnc2C(N)=S)c1. The van der Waals surface area contributed by atoms with Crippen LogP contribution in [0.5, 0.6) is 0 Å². The normalized spacial score (nSPS) is 11.1. The van der Waals surface area contributed by atoms with E-state index in [4.69, 9.17) is 18.0 Å². The van der Waals surface area contributed by atoms with Crippen molar-refractivity contribution in [1.29, 1.82) is 0 Å². The highest BCUT2D eigenvalue weighted by Crippen LogP contribution is 2.18. The zero-order valence-electron chi connectivity index (χ0n) is 11.5. The summed E-state index contributed by atoms with van der Waals surface area (Å²) in [6, 6.07) is 6.39. The lowest BCUT2D eigenvalue weighted by Crippen LogP contribution is -2.21. The van der Waals surface area contributed by atoms with Crippen LogP contribution in [0.3, 0.4) is 0 Å². The smallest absolute Gasteiger partial charge is 0.265 e. The van der Waals surface area contributed by atoms with Gasteiger partial charge in [0.05, 0.1) is 0 Å². The molecule has 2 aromatic heterocycles. The molecule has 0 aliphatic carbocycles. The maximum Gasteiger partial charge on any atom is 0.265 e. The fraction of sp³-hybridized carbons (Fsp3) is 0.154. The molecule has 0 radical (unpaired) electrons. The van der Waals surface area contributed by atoms with E-state index < -0.39 is 10.0 Å². The number of nitrogens with one attached hydrogen (secondary N) is 1. The highest BCUT2D eigenvalue weighted by atomic mass is 32.2. The third kappa shape index (κ3) is 3.53. The first-order valence-electron chi connectivity index (χ1n) is 6.02. The van der Waals surface area contributed by atoms with Crippen LogP contribution < -0.4 is 10.5 Å². The Hall–Kier alpha value is -2.06. The predicted molar refractivity (Wildman–Crippen MR) is 84.6 cm³/mol. The Bertz CT molecular complexity index is 783. The molecule has 0 aromatic carbocycles. The summed E-state index contributed by atoms with van der Waals surface area (Å²) in [4.78, 5) is 7.91. The zero-order valence-corrected chi connectivity index (χ0v) is 13.1. The molecule has 0 aliphatic rings. The summed E-state index contributed by atoms with van der Waals surface area (Å²) in [6.45, 7) is 3.65. The summed E-state index contributed by atoms with van der Waals surface area (Å²) in [5.74, 6) is 0.241. The Morgan fingerprint density at radius 3 is 2.67 bits per heavy atom. The van der Waals surface area contributed by atoms with Crippen LogP contribution in [0.2, 0.25) is 0 Å². The van der Waals surface area contributed by atoms with Crippen LogP contribution in [-0.2, 0) is 10.0 Å². The first-order chi connectivity index (χ1) is 9.79. The van der Waals surface area contributed by atoms with Gasteiger partial charge in [-0.15, -0.1) is 0 Å². The number of nitrogens with zero attached hydrogens (tertiary/aromatic N) is 2. The van der Waals surface area contributed by atoms with Gasteiger partial charge in [0.2, 0.25) is 0 Å². The van der Waals surface area contributed by atoms with Crippen molar-refractivity contribution in [3.63, 3.8) is 0 Å². The molecule has 0 unspecified atom stereocenters. The van der Waals surface area contributed by atoms with Crippen LogP contribution in [0.1, 0.15) is 17.0 Å². The maximum absolute atomic E-state index is 12.4. The number of aryl methyl sites for hydroxylation is 2. The molecule has 110 valence electrons. The molecule has 2 aromatic rings. The molecule has 0 saturated heterocycles. The van der Waals surface area contributed by atoms with E-state index in [0.29, 0.717) is 5.69 Å². The topological polar surface area (TPSA) is 98.0 Å². The van der Waals surface area contributed by atoms with Gasteiger partial charge in [-0.25, -0.2) is 13.4 Å². The van der Waals surface area contributed by atoms with E-state index in [9.17, 15) is 8.42 Å². The minimum absolute atomic E-state index is 0.0596. The molecule has 0 aliphatic heterocycles. The van der Waals surface area contributed by atoms with E-state index in [-0.39, 0.29) is 21.4 Å². The van der Waals surface area contributed by atoms with Gasteiger partial charge in [-0.05, 0) is 43.7 Å². The van der Waals surface area contributed by atoms with Gasteiger partial charge >= 0.3 is 0 Å². The summed E-state index contributed by atoms with van der Waals surface area (Å²) in [5.41, 5.74) is 7.19. The molecule has 2 heterocycles. The lowest BCUT2D eigenvalue weighted by molar-refractivity contribution is 0.600. The largest absolute Gasteiger partial charge is 0.388 e. The van der Waals surface area contributed by atoms with E-state index in [2.05, 4.69) is 14.7 Å². The van der Waals surface area contributed by atoms with Crippen LogP contribution in [0.4, 0.5) is 5.82 Å². The Morgan fingerprint density at radius 1 is 1.33 bits per heavy atom. The summed E-state index contributed by atoms with van der Waals surface area (Å²) in [5, 5.41) is 0. The van der Waals surface area contributed by atoms with E-state index >= 15 is 0 Å². The van der Waals surface area contributed by atoms with Crippen LogP contribution in [-0.4, -0.2) is 23.4 Å². The number of aromatic nitrogens is 2. The monoisotopic (exact) mass is 322 g/mol. The van der Waals surface area contributed by atoms with Crippen molar-refractivity contribution in [2.75, 3.05) is 4.72 Å². The van der Waals surface area contributed by atoms with Gasteiger partial charge in [-0.2, -0.15) is 0 Å². The van der Waals surface area contributed by atoms with Gasteiger partial charge in [-0.3, -0.25) is 9.71 Å². The summed E-state index contributed by atoms with van der Waals surface area (Å²) in [6.07, 6.45) is 1.43. The number of hydrogen-bond acceptors (Lipinski definition) is 5. The first kappa shape index (κ1) is 15.3. The molecular weight excluding hydrogens is 308 g/mol. The van der Waals surface area contributed by atoms with Gasteiger partial charge in [-0.1, -0.05) is 12.2 Å². The number of nitrogens with two attached hydrogens (primary N) is 1. The minimum Gasteiger partial charge on any atom is -0.388 e. The maximum atomic E-state index is 12.4. The number of hydrogen-bond donors (Lipinski definition) is 2. The number of pyridine rings is 2. The highest BCUT2D eigenvalue weighted by Gasteiger charge is 2.21. The molecule has 0 atom stereocenters. The Kier molecular flexibility index (Phi) is 4.19. The lowest BCUT2D eigenvalue weighted by atomic mass is 10.2. The second-order valence-corrected chi connectivity index (χ2v) is 6.58. The molecule has 0 amide bonds. The molecule has 2 rings (SSSR count). The zero-order chi connectivity index (χ0) is 15.6. The van der Waals surface area contributed by atoms with Crippen molar-refractivity contribution in [3.05, 3.63) is 47.4 Å². The third-order valence-electron chi connectivity index (χ3n) is 2.63. The fourth-order valence-corrected chi connectivity index (χ4v) is 3.27. The quantitative estimate of drug-likeness (QED) is 0.828. The minimum atomic E-state index is -3.87. The summed E-state index contributed by atoms with van der Waals surface area (Å²) >= 11 is 4.83. The van der Waals surface area contributed by atoms with Crippen LogP contribution in [0, 0.1) is 13.8 Å². The van der Waals surface area contributed by atoms with Crippen LogP contribution in [0.15, 0.2) is 35.4 Å². The summed E-state index contributed by atoms with van der Waals surface area (Å²) < 4.78 is 27.3. The predicted octanol–water partition coefficient (Wildman–Crippen LogP) is 1.53. The standard InChI is InChI=1S/C13H14N4O2S2/c1-8-6-9(2)16-11(7-8)17-21(18,19)10-4-3-5-15-12(10)13(14)20/h3-7H,1-2H3,(H2,14,20)(H,16,17). The molecule has 0 bridgehead atoms. The Balaban J connectivity index is 2.46. The Morgan fingerprint density at radius 2 is 2.05 bits per heavy atom. The molecule has 8 heteroatoms. The van der Waals surface area contributed by atoms with Crippen molar-refractivity contribution in [2.24, 2.45) is 5.73 Å². The van der Waals surface area contributed by atoms with Crippen molar-refractivity contribution in [1.82, 2.24) is 9.97 Å². The Labute approximate surface area is 128 Å². The molecule has 21 heavy (non-hydrogen) atoms. The van der Waals surface area contributed by atoms with Crippen molar-refractivity contribution >= 4 is 33.0 Å². The fourth-order valence-electron chi connectivity index (χ4n) is 1.88. The number of thiocarbonyl (C=S) groups is 1. The van der Waals surface area contributed by atoms with Gasteiger partial charge in [0.25, 0.3) is 10.0 Å². The van der Waals surface area contributed by atoms with Crippen molar-refractivity contribution in [2.45, 2.75) is 18.7 Å². The molecule has 3 N–H and O–H groups in total. The van der Waals surface area contributed by atoms with E-state index in [1.165, 1.54) is 18.3 Å². The molecular formula is C13H14N4O2S2. The molecule has 6 nitrogen and oxygen atoms in total. The van der Waals surface area contributed by atoms with E-state index in [0.717, 1.165) is 5.56 Å². The van der Waals surface area contributed by atoms with E-state index in [1.807, 2.05) is 13.0 Å². The number of rotatable bonds is 4. The molecule has 0 saturated carbocycles. The second-order valence-electron chi connectivity index (χ2n) is 4.49. The van der Waals surface area contributed by atoms with Gasteiger partial charge in [0.15, 0.2) is 0 Å².